The zero-order chi connectivity index (χ0) is 25.2. The second-order valence-electron chi connectivity index (χ2n) is 10.9. The Kier molecular flexibility index (Phi) is 5.97. The Bertz CT molecular complexity index is 1120. The first-order valence-electron chi connectivity index (χ1n) is 11.6. The van der Waals surface area contributed by atoms with Crippen molar-refractivity contribution in [3.05, 3.63) is 40.9 Å². The number of imidazole rings is 1. The van der Waals surface area contributed by atoms with Crippen LogP contribution >= 0.6 is 11.6 Å². The number of nitrogens with zero attached hydrogens (tertiary/aromatic N) is 5. The topological polar surface area (TPSA) is 70.9 Å². The molecule has 1 fully saturated rings. The quantitative estimate of drug-likeness (QED) is 0.546. The van der Waals surface area contributed by atoms with E-state index in [4.69, 9.17) is 16.3 Å². The van der Waals surface area contributed by atoms with Crippen molar-refractivity contribution in [2.45, 2.75) is 71.7 Å². The monoisotopic (exact) mass is 487 g/mol. The highest BCUT2D eigenvalue weighted by molar-refractivity contribution is 6.31. The summed E-state index contributed by atoms with van der Waals surface area (Å²) in [5, 5.41) is 0.531. The summed E-state index contributed by atoms with van der Waals surface area (Å²) in [6.45, 7) is 14.8. The second-order valence-corrected chi connectivity index (χ2v) is 11.3. The summed E-state index contributed by atoms with van der Waals surface area (Å²) in [6, 6.07) is 5.76. The molecule has 0 saturated carbocycles. The number of ether oxygens (including phenoxy) is 1. The first-order valence-corrected chi connectivity index (χ1v) is 12.0. The Hall–Kier alpha value is -2.58. The zero-order valence-corrected chi connectivity index (χ0v) is 22.0. The molecule has 2 amide bonds. The molecule has 9 heteroatoms. The summed E-state index contributed by atoms with van der Waals surface area (Å²) >= 11 is 6.39. The average molecular weight is 488 g/mol. The van der Waals surface area contributed by atoms with E-state index in [1.807, 2.05) is 50.2 Å². The number of rotatable bonds is 1. The predicted molar refractivity (Wildman–Crippen MR) is 133 cm³/mol. The number of halogens is 1. The van der Waals surface area contributed by atoms with Crippen LogP contribution in [-0.4, -0.2) is 69.2 Å². The minimum atomic E-state index is -0.896. The number of benzene rings is 1. The lowest BCUT2D eigenvalue weighted by atomic mass is 9.91. The molecule has 184 valence electrons. The van der Waals surface area contributed by atoms with Crippen molar-refractivity contribution >= 4 is 29.3 Å². The maximum atomic E-state index is 14.1. The molecule has 1 aromatic heterocycles. The van der Waals surface area contributed by atoms with Crippen LogP contribution in [0.5, 0.6) is 0 Å². The predicted octanol–water partition coefficient (Wildman–Crippen LogP) is 4.68. The van der Waals surface area contributed by atoms with Crippen LogP contribution in [0, 0.1) is 0 Å². The van der Waals surface area contributed by atoms with Crippen LogP contribution in [0.25, 0.3) is 5.69 Å². The number of hydrogen-bond acceptors (Lipinski definition) is 5. The normalized spacial score (nSPS) is 22.3. The number of esters is 1. The molecule has 4 rings (SSSR count). The fourth-order valence-corrected chi connectivity index (χ4v) is 5.09. The standard InChI is InChI=1S/C25H34ClN5O3/c1-15-12-29(13-16(2)28(15)8)23(33)31-19-11-17(26)9-10-18(19)30-14-27-20(21(30)25(31,6)7)22(32)34-24(3,4)5/h9-11,14-16H,12-13H2,1-8H3/t15-,16+. The van der Waals surface area contributed by atoms with E-state index >= 15 is 0 Å². The summed E-state index contributed by atoms with van der Waals surface area (Å²) in [5.41, 5.74) is 0.679. The molecule has 0 spiro atoms. The van der Waals surface area contributed by atoms with Crippen LogP contribution in [0.15, 0.2) is 24.5 Å². The minimum Gasteiger partial charge on any atom is -0.455 e. The summed E-state index contributed by atoms with van der Waals surface area (Å²) in [7, 11) is 2.09. The van der Waals surface area contributed by atoms with E-state index in [-0.39, 0.29) is 23.8 Å². The van der Waals surface area contributed by atoms with Crippen molar-refractivity contribution in [3.63, 3.8) is 0 Å². The zero-order valence-electron chi connectivity index (χ0n) is 21.2. The van der Waals surface area contributed by atoms with E-state index < -0.39 is 17.1 Å². The van der Waals surface area contributed by atoms with Crippen LogP contribution in [0.4, 0.5) is 10.5 Å². The first-order chi connectivity index (χ1) is 15.7. The molecule has 2 aliphatic heterocycles. The van der Waals surface area contributed by atoms with Gasteiger partial charge in [0.05, 0.1) is 22.6 Å². The molecule has 0 radical (unpaired) electrons. The van der Waals surface area contributed by atoms with Gasteiger partial charge in [-0.2, -0.15) is 0 Å². The summed E-state index contributed by atoms with van der Waals surface area (Å²) < 4.78 is 7.51. The number of urea groups is 1. The van der Waals surface area contributed by atoms with Gasteiger partial charge < -0.3 is 9.64 Å². The number of anilines is 1. The largest absolute Gasteiger partial charge is 0.455 e. The van der Waals surface area contributed by atoms with E-state index in [1.54, 1.807) is 23.4 Å². The molecule has 0 aliphatic carbocycles. The summed E-state index contributed by atoms with van der Waals surface area (Å²) in [4.78, 5) is 37.6. The number of piperazine rings is 1. The van der Waals surface area contributed by atoms with Crippen LogP contribution in [-0.2, 0) is 10.3 Å². The molecule has 2 atom stereocenters. The van der Waals surface area contributed by atoms with Gasteiger partial charge in [-0.3, -0.25) is 14.4 Å². The van der Waals surface area contributed by atoms with Crippen molar-refractivity contribution in [1.29, 1.82) is 0 Å². The van der Waals surface area contributed by atoms with Crippen LogP contribution in [0.3, 0.4) is 0 Å². The third kappa shape index (κ3) is 4.07. The molecule has 1 aromatic carbocycles. The SMILES string of the molecule is C[C@@H]1CN(C(=O)N2c3cc(Cl)ccc3-n3cnc(C(=O)OC(C)(C)C)c3C2(C)C)C[C@H](C)N1C. The number of carbonyl (C=O) groups excluding carboxylic acids is 2. The second kappa shape index (κ2) is 8.27. The van der Waals surface area contributed by atoms with E-state index in [2.05, 4.69) is 30.8 Å². The minimum absolute atomic E-state index is 0.122. The Morgan fingerprint density at radius 2 is 1.74 bits per heavy atom. The Morgan fingerprint density at radius 1 is 1.12 bits per heavy atom. The molecule has 0 N–H and O–H groups in total. The highest BCUT2D eigenvalue weighted by atomic mass is 35.5. The van der Waals surface area contributed by atoms with Gasteiger partial charge in [-0.15, -0.1) is 0 Å². The van der Waals surface area contributed by atoms with Gasteiger partial charge in [-0.25, -0.2) is 14.6 Å². The molecule has 1 saturated heterocycles. The fraction of sp³-hybridized carbons (Fsp3) is 0.560. The Labute approximate surface area is 206 Å². The van der Waals surface area contributed by atoms with Gasteiger partial charge >= 0.3 is 12.0 Å². The van der Waals surface area contributed by atoms with E-state index in [0.717, 1.165) is 5.69 Å². The molecular formula is C25H34ClN5O3. The molecular weight excluding hydrogens is 454 g/mol. The lowest BCUT2D eigenvalue weighted by Crippen LogP contribution is -2.62. The Morgan fingerprint density at radius 3 is 2.32 bits per heavy atom. The van der Waals surface area contributed by atoms with Crippen molar-refractivity contribution in [1.82, 2.24) is 19.4 Å². The third-order valence-electron chi connectivity index (χ3n) is 6.76. The molecule has 8 nitrogen and oxygen atoms in total. The van der Waals surface area contributed by atoms with Gasteiger partial charge in [-0.05, 0) is 73.7 Å². The molecule has 2 aromatic rings. The van der Waals surface area contributed by atoms with E-state index in [9.17, 15) is 9.59 Å². The average Bonchev–Trinajstić information content (AvgIpc) is 3.16. The fourth-order valence-electron chi connectivity index (χ4n) is 4.92. The summed E-state index contributed by atoms with van der Waals surface area (Å²) in [6.07, 6.45) is 1.62. The number of hydrogen-bond donors (Lipinski definition) is 0. The number of amides is 2. The maximum Gasteiger partial charge on any atom is 0.359 e. The third-order valence-corrected chi connectivity index (χ3v) is 6.99. The lowest BCUT2D eigenvalue weighted by molar-refractivity contribution is 0.00600. The van der Waals surface area contributed by atoms with Gasteiger partial charge in [0.2, 0.25) is 0 Å². The van der Waals surface area contributed by atoms with Crippen molar-refractivity contribution in [3.8, 4) is 5.69 Å². The number of carbonyl (C=O) groups is 2. The van der Waals surface area contributed by atoms with Gasteiger partial charge in [0.1, 0.15) is 11.9 Å². The van der Waals surface area contributed by atoms with Crippen molar-refractivity contribution in [2.24, 2.45) is 0 Å². The first kappa shape index (κ1) is 24.5. The molecule has 3 heterocycles. The molecule has 0 bridgehead atoms. The molecule has 34 heavy (non-hydrogen) atoms. The van der Waals surface area contributed by atoms with Crippen LogP contribution < -0.4 is 4.90 Å². The van der Waals surface area contributed by atoms with Gasteiger partial charge in [0.15, 0.2) is 5.69 Å². The van der Waals surface area contributed by atoms with Crippen molar-refractivity contribution in [2.75, 3.05) is 25.0 Å². The number of likely N-dealkylation sites (N-methyl/N-ethyl adjacent to an activating group) is 1. The maximum absolute atomic E-state index is 14.1. The van der Waals surface area contributed by atoms with Crippen LogP contribution in [0.2, 0.25) is 5.02 Å². The van der Waals surface area contributed by atoms with Gasteiger partial charge in [0, 0.05) is 30.2 Å². The lowest BCUT2D eigenvalue weighted by Gasteiger charge is -2.49. The highest BCUT2D eigenvalue weighted by Crippen LogP contribution is 2.45. The number of aromatic nitrogens is 2. The molecule has 0 unspecified atom stereocenters. The highest BCUT2D eigenvalue weighted by Gasteiger charge is 2.47. The van der Waals surface area contributed by atoms with E-state index in [0.29, 0.717) is 29.5 Å². The number of fused-ring (bicyclic) bond motifs is 3. The van der Waals surface area contributed by atoms with Crippen molar-refractivity contribution < 1.29 is 14.3 Å². The van der Waals surface area contributed by atoms with Crippen LogP contribution in [0.1, 0.15) is 64.6 Å². The molecule has 2 aliphatic rings. The summed E-state index contributed by atoms with van der Waals surface area (Å²) in [5.74, 6) is -0.513. The smallest absolute Gasteiger partial charge is 0.359 e. The van der Waals surface area contributed by atoms with E-state index in [1.165, 1.54) is 0 Å². The van der Waals surface area contributed by atoms with Gasteiger partial charge in [-0.1, -0.05) is 11.6 Å². The Balaban J connectivity index is 1.84. The van der Waals surface area contributed by atoms with Gasteiger partial charge in [0.25, 0.3) is 0 Å².